The van der Waals surface area contributed by atoms with Crippen molar-refractivity contribution in [1.82, 2.24) is 15.0 Å². The van der Waals surface area contributed by atoms with Gasteiger partial charge < -0.3 is 0 Å². The van der Waals surface area contributed by atoms with E-state index in [4.69, 9.17) is 9.97 Å². The predicted molar refractivity (Wildman–Crippen MR) is 184 cm³/mol. The minimum Gasteiger partial charge on any atom is -0.256 e. The predicted octanol–water partition coefficient (Wildman–Crippen LogP) is 10.6. The van der Waals surface area contributed by atoms with Crippen LogP contribution in [0.1, 0.15) is 0 Å². The van der Waals surface area contributed by atoms with Crippen molar-refractivity contribution in [3.05, 3.63) is 152 Å². The normalized spacial score (nSPS) is 11.6. The van der Waals surface area contributed by atoms with Crippen LogP contribution in [0.2, 0.25) is 0 Å². The van der Waals surface area contributed by atoms with Crippen molar-refractivity contribution in [3.8, 4) is 33.6 Å². The first-order valence-electron chi connectivity index (χ1n) is 14.9. The largest absolute Gasteiger partial charge is 0.256 e. The maximum atomic E-state index is 5.14. The maximum Gasteiger partial charge on any atom is 0.0716 e. The van der Waals surface area contributed by atoms with Gasteiger partial charge in [-0.15, -0.1) is 0 Å². The van der Waals surface area contributed by atoms with Gasteiger partial charge in [0.25, 0.3) is 0 Å². The highest BCUT2D eigenvalue weighted by atomic mass is 14.7. The van der Waals surface area contributed by atoms with Crippen LogP contribution in [-0.4, -0.2) is 15.0 Å². The van der Waals surface area contributed by atoms with E-state index in [-0.39, 0.29) is 0 Å². The SMILES string of the molecule is c1ccc2c(c1)cc(-c1ccc3cc(-c4ccc5ccc(-c6cccc7ncccc67)nc5c4)ccc3n1)c1ccccc12. The number of hydrogen-bond acceptors (Lipinski definition) is 3. The Kier molecular flexibility index (Phi) is 5.50. The van der Waals surface area contributed by atoms with E-state index in [0.717, 1.165) is 66.4 Å². The molecule has 0 radical (unpaired) electrons. The molecule has 3 heterocycles. The molecule has 0 saturated carbocycles. The van der Waals surface area contributed by atoms with Crippen LogP contribution in [0, 0.1) is 0 Å². The van der Waals surface area contributed by atoms with Crippen molar-refractivity contribution in [2.45, 2.75) is 0 Å². The van der Waals surface area contributed by atoms with E-state index in [9.17, 15) is 0 Å². The lowest BCUT2D eigenvalue weighted by molar-refractivity contribution is 1.38. The monoisotopic (exact) mass is 559 g/mol. The summed E-state index contributed by atoms with van der Waals surface area (Å²) in [4.78, 5) is 14.8. The molecule has 0 unspecified atom stereocenters. The Morgan fingerprint density at radius 3 is 1.98 bits per heavy atom. The van der Waals surface area contributed by atoms with Crippen LogP contribution in [0.4, 0.5) is 0 Å². The van der Waals surface area contributed by atoms with E-state index in [0.29, 0.717) is 0 Å². The van der Waals surface area contributed by atoms with Crippen molar-refractivity contribution in [2.24, 2.45) is 0 Å². The van der Waals surface area contributed by atoms with Gasteiger partial charge in [0.2, 0.25) is 0 Å². The molecule has 6 aromatic carbocycles. The van der Waals surface area contributed by atoms with Gasteiger partial charge in [-0.25, -0.2) is 9.97 Å². The second kappa shape index (κ2) is 9.82. The molecular weight excluding hydrogens is 534 g/mol. The fourth-order valence-electron chi connectivity index (χ4n) is 6.49. The van der Waals surface area contributed by atoms with Crippen molar-refractivity contribution < 1.29 is 0 Å². The van der Waals surface area contributed by atoms with Crippen LogP contribution in [-0.2, 0) is 0 Å². The molecule has 0 spiro atoms. The molecule has 0 amide bonds. The maximum absolute atomic E-state index is 5.14. The van der Waals surface area contributed by atoms with Gasteiger partial charge in [0.15, 0.2) is 0 Å². The third-order valence-electron chi connectivity index (χ3n) is 8.68. The van der Waals surface area contributed by atoms with Crippen LogP contribution < -0.4 is 0 Å². The van der Waals surface area contributed by atoms with E-state index in [2.05, 4.69) is 132 Å². The molecule has 0 fully saturated rings. The summed E-state index contributed by atoms with van der Waals surface area (Å²) < 4.78 is 0. The number of pyridine rings is 3. The second-order valence-corrected chi connectivity index (χ2v) is 11.3. The van der Waals surface area contributed by atoms with Crippen molar-refractivity contribution in [1.29, 1.82) is 0 Å². The number of nitrogens with zero attached hydrogens (tertiary/aromatic N) is 3. The lowest BCUT2D eigenvalue weighted by Crippen LogP contribution is -1.90. The van der Waals surface area contributed by atoms with E-state index in [1.165, 1.54) is 21.5 Å². The zero-order valence-electron chi connectivity index (χ0n) is 23.8. The summed E-state index contributed by atoms with van der Waals surface area (Å²) in [5.74, 6) is 0. The molecule has 0 saturated heterocycles. The van der Waals surface area contributed by atoms with Crippen LogP contribution >= 0.6 is 0 Å². The zero-order valence-corrected chi connectivity index (χ0v) is 23.8. The molecule has 3 aromatic heterocycles. The number of rotatable bonds is 3. The van der Waals surface area contributed by atoms with Crippen LogP contribution in [0.3, 0.4) is 0 Å². The molecule has 0 aliphatic carbocycles. The minimum atomic E-state index is 0.949. The first kappa shape index (κ1) is 24.6. The van der Waals surface area contributed by atoms with Gasteiger partial charge in [-0.2, -0.15) is 0 Å². The lowest BCUT2D eigenvalue weighted by Gasteiger charge is -2.12. The molecule has 44 heavy (non-hydrogen) atoms. The molecule has 0 aliphatic heterocycles. The van der Waals surface area contributed by atoms with E-state index >= 15 is 0 Å². The zero-order chi connectivity index (χ0) is 29.0. The summed E-state index contributed by atoms with van der Waals surface area (Å²) in [6.45, 7) is 0. The molecule has 9 aromatic rings. The smallest absolute Gasteiger partial charge is 0.0716 e. The molecule has 0 aliphatic rings. The third-order valence-corrected chi connectivity index (χ3v) is 8.68. The fourth-order valence-corrected chi connectivity index (χ4v) is 6.49. The topological polar surface area (TPSA) is 38.7 Å². The number of fused-ring (bicyclic) bond motifs is 6. The van der Waals surface area contributed by atoms with Gasteiger partial charge in [0, 0.05) is 33.5 Å². The Bertz CT molecular complexity index is 2560. The number of aromatic nitrogens is 3. The highest BCUT2D eigenvalue weighted by Crippen LogP contribution is 2.36. The van der Waals surface area contributed by atoms with Gasteiger partial charge in [-0.1, -0.05) is 97.1 Å². The van der Waals surface area contributed by atoms with Crippen LogP contribution in [0.5, 0.6) is 0 Å². The highest BCUT2D eigenvalue weighted by molar-refractivity contribution is 6.13. The minimum absolute atomic E-state index is 0.949. The summed E-state index contributed by atoms with van der Waals surface area (Å²) in [5, 5.41) is 8.30. The Balaban J connectivity index is 1.12. The van der Waals surface area contributed by atoms with E-state index in [1.54, 1.807) is 0 Å². The van der Waals surface area contributed by atoms with Crippen molar-refractivity contribution >= 4 is 54.3 Å². The molecule has 3 nitrogen and oxygen atoms in total. The summed E-state index contributed by atoms with van der Waals surface area (Å²) in [6, 6.07) is 51.4. The van der Waals surface area contributed by atoms with Crippen molar-refractivity contribution in [2.75, 3.05) is 0 Å². The number of benzene rings is 6. The summed E-state index contributed by atoms with van der Waals surface area (Å²) in [7, 11) is 0. The summed E-state index contributed by atoms with van der Waals surface area (Å²) in [6.07, 6.45) is 1.83. The lowest BCUT2D eigenvalue weighted by atomic mass is 9.95. The number of hydrogen-bond donors (Lipinski definition) is 0. The molecule has 3 heteroatoms. The van der Waals surface area contributed by atoms with Gasteiger partial charge in [-0.05, 0) is 81.2 Å². The highest BCUT2D eigenvalue weighted by Gasteiger charge is 2.12. The summed E-state index contributed by atoms with van der Waals surface area (Å²) in [5.41, 5.74) is 9.38. The average molecular weight is 560 g/mol. The molecule has 9 rings (SSSR count). The van der Waals surface area contributed by atoms with Gasteiger partial charge in [0.05, 0.1) is 27.9 Å². The van der Waals surface area contributed by atoms with E-state index < -0.39 is 0 Å². The Morgan fingerprint density at radius 2 is 1.05 bits per heavy atom. The molecule has 0 N–H and O–H groups in total. The van der Waals surface area contributed by atoms with E-state index in [1.807, 2.05) is 24.4 Å². The summed E-state index contributed by atoms with van der Waals surface area (Å²) >= 11 is 0. The van der Waals surface area contributed by atoms with Crippen LogP contribution in [0.25, 0.3) is 87.9 Å². The van der Waals surface area contributed by atoms with Crippen molar-refractivity contribution in [3.63, 3.8) is 0 Å². The third kappa shape index (κ3) is 4.02. The van der Waals surface area contributed by atoms with Gasteiger partial charge >= 0.3 is 0 Å². The van der Waals surface area contributed by atoms with Gasteiger partial charge in [-0.3, -0.25) is 4.98 Å². The fraction of sp³-hybridized carbons (Fsp3) is 0. The quantitative estimate of drug-likeness (QED) is 0.202. The molecule has 204 valence electrons. The first-order chi connectivity index (χ1) is 21.8. The molecular formula is C41H25N3. The van der Waals surface area contributed by atoms with Gasteiger partial charge in [0.1, 0.15) is 0 Å². The molecule has 0 bridgehead atoms. The van der Waals surface area contributed by atoms with Crippen LogP contribution in [0.15, 0.2) is 152 Å². The molecule has 0 atom stereocenters. The second-order valence-electron chi connectivity index (χ2n) is 11.3. The Hall–Kier alpha value is -5.93. The standard InChI is InChI=1S/C41H25N3/c1-2-8-31-29(7-1)24-36(33-10-4-3-9-32(31)33)40-21-18-30-23-27(17-19-37(30)43-40)28-15-14-26-16-20-39(44-41(26)25-28)35-11-5-13-38-34(35)12-6-22-42-38/h1-25H. The average Bonchev–Trinajstić information content (AvgIpc) is 3.10. The Morgan fingerprint density at radius 1 is 0.341 bits per heavy atom. The first-order valence-corrected chi connectivity index (χ1v) is 14.9. The Labute approximate surface area is 254 Å².